The van der Waals surface area contributed by atoms with Crippen molar-refractivity contribution in [3.05, 3.63) is 9.88 Å². The van der Waals surface area contributed by atoms with Gasteiger partial charge in [-0.2, -0.15) is 0 Å². The van der Waals surface area contributed by atoms with Gasteiger partial charge in [0.05, 0.1) is 11.6 Å². The molecular weight excluding hydrogens is 202 g/mol. The van der Waals surface area contributed by atoms with Crippen molar-refractivity contribution in [1.29, 1.82) is 0 Å². The van der Waals surface area contributed by atoms with Crippen LogP contribution in [0.15, 0.2) is 0 Å². The van der Waals surface area contributed by atoms with Gasteiger partial charge >= 0.3 is 5.97 Å². The van der Waals surface area contributed by atoms with E-state index >= 15 is 0 Å². The first-order valence-corrected chi connectivity index (χ1v) is 5.36. The number of carbonyl (C=O) groups is 1. The van der Waals surface area contributed by atoms with E-state index < -0.39 is 5.97 Å². The van der Waals surface area contributed by atoms with Crippen LogP contribution in [0.4, 0.5) is 0 Å². The Hall–Kier alpha value is -1.10. The van der Waals surface area contributed by atoms with Crippen molar-refractivity contribution in [3.8, 4) is 5.88 Å². The van der Waals surface area contributed by atoms with E-state index in [1.165, 1.54) is 11.3 Å². The zero-order valence-electron chi connectivity index (χ0n) is 8.24. The molecule has 0 radical (unpaired) electrons. The predicted octanol–water partition coefficient (Wildman–Crippen LogP) is 1.98. The Bertz CT molecular complexity index is 322. The average Bonchev–Trinajstić information content (AvgIpc) is 2.48. The number of thiazole rings is 1. The van der Waals surface area contributed by atoms with Gasteiger partial charge in [0, 0.05) is 0 Å². The molecule has 1 heterocycles. The molecule has 0 atom stereocenters. The SMILES string of the molecule is CCCc1nc(O)c(C(=O)OCC)s1. The molecule has 0 spiro atoms. The van der Waals surface area contributed by atoms with Crippen molar-refractivity contribution < 1.29 is 14.6 Å². The highest BCUT2D eigenvalue weighted by atomic mass is 32.1. The van der Waals surface area contributed by atoms with Crippen molar-refractivity contribution in [2.24, 2.45) is 0 Å². The molecule has 0 bridgehead atoms. The van der Waals surface area contributed by atoms with Gasteiger partial charge in [-0.05, 0) is 19.8 Å². The molecule has 1 rings (SSSR count). The predicted molar refractivity (Wildman–Crippen MR) is 53.7 cm³/mol. The highest BCUT2D eigenvalue weighted by Crippen LogP contribution is 2.25. The summed E-state index contributed by atoms with van der Waals surface area (Å²) >= 11 is 1.20. The van der Waals surface area contributed by atoms with Crippen molar-refractivity contribution in [2.45, 2.75) is 26.7 Å². The van der Waals surface area contributed by atoms with E-state index in [9.17, 15) is 9.90 Å². The number of carbonyl (C=O) groups excluding carboxylic acids is 1. The molecule has 0 aromatic carbocycles. The highest BCUT2D eigenvalue weighted by Gasteiger charge is 2.17. The average molecular weight is 215 g/mol. The number of aryl methyl sites for hydroxylation is 1. The summed E-state index contributed by atoms with van der Waals surface area (Å²) in [6.45, 7) is 4.05. The Kier molecular flexibility index (Phi) is 3.88. The lowest BCUT2D eigenvalue weighted by Gasteiger charge is -1.96. The Morgan fingerprint density at radius 2 is 2.29 bits per heavy atom. The van der Waals surface area contributed by atoms with Crippen LogP contribution in [0, 0.1) is 0 Å². The summed E-state index contributed by atoms with van der Waals surface area (Å²) in [6, 6.07) is 0. The van der Waals surface area contributed by atoms with Crippen LogP contribution in [-0.2, 0) is 11.2 Å². The topological polar surface area (TPSA) is 59.4 Å². The van der Waals surface area contributed by atoms with Gasteiger partial charge in [-0.1, -0.05) is 6.92 Å². The molecule has 1 N–H and O–H groups in total. The highest BCUT2D eigenvalue weighted by molar-refractivity contribution is 7.13. The first kappa shape index (κ1) is 11.0. The summed E-state index contributed by atoms with van der Waals surface area (Å²) in [4.78, 5) is 15.4. The van der Waals surface area contributed by atoms with Crippen LogP contribution in [0.2, 0.25) is 0 Å². The molecule has 0 amide bonds. The number of hydrogen-bond donors (Lipinski definition) is 1. The van der Waals surface area contributed by atoms with E-state index in [2.05, 4.69) is 4.98 Å². The molecule has 0 saturated carbocycles. The summed E-state index contributed by atoms with van der Waals surface area (Å²) in [7, 11) is 0. The Labute approximate surface area is 86.6 Å². The van der Waals surface area contributed by atoms with Crippen LogP contribution in [0.25, 0.3) is 0 Å². The molecule has 1 aromatic heterocycles. The van der Waals surface area contributed by atoms with E-state index in [0.29, 0.717) is 6.61 Å². The molecular formula is C9H13NO3S. The lowest BCUT2D eigenvalue weighted by atomic mass is 10.4. The maximum Gasteiger partial charge on any atom is 0.353 e. The standard InChI is InChI=1S/C9H13NO3S/c1-3-5-6-10-8(11)7(14-6)9(12)13-4-2/h11H,3-5H2,1-2H3. The van der Waals surface area contributed by atoms with E-state index in [1.54, 1.807) is 6.92 Å². The fourth-order valence-corrected chi connectivity index (χ4v) is 1.96. The second-order valence-corrected chi connectivity index (χ2v) is 3.81. The number of rotatable bonds is 4. The van der Waals surface area contributed by atoms with Crippen LogP contribution in [-0.4, -0.2) is 22.7 Å². The van der Waals surface area contributed by atoms with Crippen LogP contribution >= 0.6 is 11.3 Å². The van der Waals surface area contributed by atoms with Crippen molar-refractivity contribution in [3.63, 3.8) is 0 Å². The summed E-state index contributed by atoms with van der Waals surface area (Å²) in [5.41, 5.74) is 0. The van der Waals surface area contributed by atoms with Gasteiger partial charge in [0.25, 0.3) is 0 Å². The van der Waals surface area contributed by atoms with Gasteiger partial charge in [0.15, 0.2) is 4.88 Å². The number of aromatic hydroxyl groups is 1. The summed E-state index contributed by atoms with van der Waals surface area (Å²) < 4.78 is 4.77. The molecule has 4 nitrogen and oxygen atoms in total. The second kappa shape index (κ2) is 4.95. The molecule has 0 aliphatic carbocycles. The number of ether oxygens (including phenoxy) is 1. The van der Waals surface area contributed by atoms with Crippen LogP contribution in [0.5, 0.6) is 5.88 Å². The molecule has 5 heteroatoms. The summed E-state index contributed by atoms with van der Waals surface area (Å²) in [5.74, 6) is -0.707. The van der Waals surface area contributed by atoms with Gasteiger partial charge in [-0.15, -0.1) is 11.3 Å². The molecule has 0 fully saturated rings. The summed E-state index contributed by atoms with van der Waals surface area (Å²) in [5, 5.41) is 10.1. The maximum atomic E-state index is 11.3. The molecule has 78 valence electrons. The van der Waals surface area contributed by atoms with Gasteiger partial charge < -0.3 is 9.84 Å². The number of hydrogen-bond acceptors (Lipinski definition) is 5. The van der Waals surface area contributed by atoms with Crippen molar-refractivity contribution >= 4 is 17.3 Å². The quantitative estimate of drug-likeness (QED) is 0.780. The van der Waals surface area contributed by atoms with Crippen LogP contribution < -0.4 is 0 Å². The minimum atomic E-state index is -0.496. The summed E-state index contributed by atoms with van der Waals surface area (Å²) in [6.07, 6.45) is 1.72. The maximum absolute atomic E-state index is 11.3. The molecule has 0 aliphatic heterocycles. The first-order chi connectivity index (χ1) is 6.69. The smallest absolute Gasteiger partial charge is 0.353 e. The number of aromatic nitrogens is 1. The van der Waals surface area contributed by atoms with Gasteiger partial charge in [0.2, 0.25) is 5.88 Å². The fraction of sp³-hybridized carbons (Fsp3) is 0.556. The van der Waals surface area contributed by atoms with Crippen molar-refractivity contribution in [1.82, 2.24) is 4.98 Å². The zero-order chi connectivity index (χ0) is 10.6. The Morgan fingerprint density at radius 3 is 2.86 bits per heavy atom. The third-order valence-electron chi connectivity index (χ3n) is 1.58. The van der Waals surface area contributed by atoms with Gasteiger partial charge in [-0.25, -0.2) is 9.78 Å². The monoisotopic (exact) mass is 215 g/mol. The van der Waals surface area contributed by atoms with E-state index in [-0.39, 0.29) is 10.8 Å². The number of nitrogens with zero attached hydrogens (tertiary/aromatic N) is 1. The lowest BCUT2D eigenvalue weighted by molar-refractivity contribution is 0.0528. The van der Waals surface area contributed by atoms with E-state index in [4.69, 9.17) is 4.74 Å². The zero-order valence-corrected chi connectivity index (χ0v) is 9.06. The van der Waals surface area contributed by atoms with E-state index in [0.717, 1.165) is 17.8 Å². The van der Waals surface area contributed by atoms with Gasteiger partial charge in [-0.3, -0.25) is 0 Å². The Balaban J connectivity index is 2.81. The fourth-order valence-electron chi connectivity index (χ4n) is 1.01. The van der Waals surface area contributed by atoms with Gasteiger partial charge in [0.1, 0.15) is 0 Å². The van der Waals surface area contributed by atoms with Crippen LogP contribution in [0.1, 0.15) is 34.9 Å². The largest absolute Gasteiger partial charge is 0.492 e. The molecule has 14 heavy (non-hydrogen) atoms. The van der Waals surface area contributed by atoms with Crippen LogP contribution in [0.3, 0.4) is 0 Å². The molecule has 0 unspecified atom stereocenters. The normalized spacial score (nSPS) is 10.1. The van der Waals surface area contributed by atoms with Crippen molar-refractivity contribution in [2.75, 3.05) is 6.61 Å². The third-order valence-corrected chi connectivity index (χ3v) is 2.66. The first-order valence-electron chi connectivity index (χ1n) is 4.54. The molecule has 0 saturated heterocycles. The second-order valence-electron chi connectivity index (χ2n) is 2.73. The molecule has 1 aromatic rings. The lowest BCUT2D eigenvalue weighted by Crippen LogP contribution is -2.02. The minimum Gasteiger partial charge on any atom is -0.492 e. The third kappa shape index (κ3) is 2.45. The molecule has 0 aliphatic rings. The minimum absolute atomic E-state index is 0.204. The van der Waals surface area contributed by atoms with E-state index in [1.807, 2.05) is 6.92 Å². The number of esters is 1. The Morgan fingerprint density at radius 1 is 1.57 bits per heavy atom.